The summed E-state index contributed by atoms with van der Waals surface area (Å²) in [6.07, 6.45) is 0. The third-order valence-corrected chi connectivity index (χ3v) is 4.20. The lowest BCUT2D eigenvalue weighted by molar-refractivity contribution is 0.102. The summed E-state index contributed by atoms with van der Waals surface area (Å²) in [5.74, 6) is 0.719. The minimum atomic E-state index is -0.246. The third kappa shape index (κ3) is 2.91. The van der Waals surface area contributed by atoms with Crippen molar-refractivity contribution in [1.82, 2.24) is 9.55 Å². The summed E-state index contributed by atoms with van der Waals surface area (Å²) >= 11 is 0. The van der Waals surface area contributed by atoms with Gasteiger partial charge in [-0.15, -0.1) is 0 Å². The molecule has 0 spiro atoms. The van der Waals surface area contributed by atoms with Crippen LogP contribution in [0, 0.1) is 6.92 Å². The number of amides is 1. The van der Waals surface area contributed by atoms with E-state index in [1.165, 1.54) is 6.07 Å². The summed E-state index contributed by atoms with van der Waals surface area (Å²) in [4.78, 5) is 17.1. The third-order valence-electron chi connectivity index (χ3n) is 4.20. The van der Waals surface area contributed by atoms with Crippen LogP contribution in [-0.2, 0) is 0 Å². The van der Waals surface area contributed by atoms with Crippen molar-refractivity contribution in [2.45, 2.75) is 6.92 Å². The fourth-order valence-corrected chi connectivity index (χ4v) is 3.03. The lowest BCUT2D eigenvalue weighted by Crippen LogP contribution is -2.11. The van der Waals surface area contributed by atoms with E-state index >= 15 is 0 Å². The highest BCUT2D eigenvalue weighted by atomic mass is 16.3. The Hall–Kier alpha value is -3.60. The first-order valence-electron chi connectivity index (χ1n) is 8.27. The highest BCUT2D eigenvalue weighted by Gasteiger charge is 2.13. The summed E-state index contributed by atoms with van der Waals surface area (Å²) in [6, 6.07) is 21.9. The van der Waals surface area contributed by atoms with Crippen molar-refractivity contribution in [3.05, 3.63) is 84.2 Å². The number of aryl methyl sites for hydroxylation is 1. The van der Waals surface area contributed by atoms with Gasteiger partial charge in [-0.05, 0) is 49.4 Å². The second kappa shape index (κ2) is 6.37. The number of benzene rings is 3. The Kier molecular flexibility index (Phi) is 3.89. The molecular formula is C21H17N3O2. The minimum Gasteiger partial charge on any atom is -0.508 e. The van der Waals surface area contributed by atoms with Crippen LogP contribution < -0.4 is 5.32 Å². The Balaban J connectivity index is 1.69. The number of anilines is 1. The predicted octanol–water partition coefficient (Wildman–Crippen LogP) is 4.29. The van der Waals surface area contributed by atoms with E-state index < -0.39 is 0 Å². The molecule has 26 heavy (non-hydrogen) atoms. The molecule has 1 heterocycles. The molecular weight excluding hydrogens is 326 g/mol. The Morgan fingerprint density at radius 3 is 2.58 bits per heavy atom. The number of hydrogen-bond acceptors (Lipinski definition) is 3. The quantitative estimate of drug-likeness (QED) is 0.583. The van der Waals surface area contributed by atoms with Gasteiger partial charge < -0.3 is 10.4 Å². The van der Waals surface area contributed by atoms with Gasteiger partial charge in [-0.3, -0.25) is 9.36 Å². The SMILES string of the molecule is Cc1nc2cc(C(=O)Nc3cccc(O)c3)ccc2n1-c1ccccc1. The van der Waals surface area contributed by atoms with E-state index in [1.54, 1.807) is 30.3 Å². The lowest BCUT2D eigenvalue weighted by Gasteiger charge is -2.08. The maximum atomic E-state index is 12.5. The molecule has 0 aliphatic rings. The van der Waals surface area contributed by atoms with Gasteiger partial charge in [0, 0.05) is 23.0 Å². The molecule has 3 aromatic carbocycles. The first-order chi connectivity index (χ1) is 12.6. The Labute approximate surface area is 150 Å². The molecule has 0 aliphatic carbocycles. The number of para-hydroxylation sites is 1. The van der Waals surface area contributed by atoms with Gasteiger partial charge in [0.05, 0.1) is 11.0 Å². The van der Waals surface area contributed by atoms with Gasteiger partial charge in [-0.1, -0.05) is 24.3 Å². The van der Waals surface area contributed by atoms with Crippen LogP contribution in [0.25, 0.3) is 16.7 Å². The molecule has 128 valence electrons. The second-order valence-electron chi connectivity index (χ2n) is 6.04. The van der Waals surface area contributed by atoms with E-state index in [2.05, 4.69) is 14.9 Å². The zero-order valence-corrected chi connectivity index (χ0v) is 14.2. The molecule has 4 aromatic rings. The molecule has 0 saturated carbocycles. The monoisotopic (exact) mass is 343 g/mol. The van der Waals surface area contributed by atoms with Crippen molar-refractivity contribution in [2.24, 2.45) is 0 Å². The van der Waals surface area contributed by atoms with Crippen molar-refractivity contribution in [1.29, 1.82) is 0 Å². The number of carbonyl (C=O) groups excluding carboxylic acids is 1. The topological polar surface area (TPSA) is 67.2 Å². The van der Waals surface area contributed by atoms with Crippen molar-refractivity contribution in [3.8, 4) is 11.4 Å². The van der Waals surface area contributed by atoms with Crippen LogP contribution in [0.1, 0.15) is 16.2 Å². The van der Waals surface area contributed by atoms with Gasteiger partial charge in [0.25, 0.3) is 5.91 Å². The zero-order valence-electron chi connectivity index (χ0n) is 14.2. The van der Waals surface area contributed by atoms with Gasteiger partial charge in [-0.25, -0.2) is 4.98 Å². The first kappa shape index (κ1) is 15.9. The number of phenolic OH excluding ortho intramolecular Hbond substituents is 1. The van der Waals surface area contributed by atoms with E-state index in [4.69, 9.17) is 0 Å². The highest BCUT2D eigenvalue weighted by molar-refractivity contribution is 6.06. The number of nitrogens with one attached hydrogen (secondary N) is 1. The number of rotatable bonds is 3. The van der Waals surface area contributed by atoms with Crippen molar-refractivity contribution >= 4 is 22.6 Å². The normalized spacial score (nSPS) is 10.8. The first-order valence-corrected chi connectivity index (χ1v) is 8.27. The summed E-state index contributed by atoms with van der Waals surface area (Å²) < 4.78 is 2.06. The van der Waals surface area contributed by atoms with Crippen molar-refractivity contribution in [3.63, 3.8) is 0 Å². The van der Waals surface area contributed by atoms with E-state index in [0.717, 1.165) is 22.5 Å². The van der Waals surface area contributed by atoms with Gasteiger partial charge in [0.2, 0.25) is 0 Å². The number of carbonyl (C=O) groups is 1. The smallest absolute Gasteiger partial charge is 0.255 e. The Bertz CT molecular complexity index is 1100. The number of fused-ring (bicyclic) bond motifs is 1. The molecule has 0 unspecified atom stereocenters. The average molecular weight is 343 g/mol. The number of imidazole rings is 1. The molecule has 1 amide bonds. The van der Waals surface area contributed by atoms with Gasteiger partial charge in [-0.2, -0.15) is 0 Å². The molecule has 5 nitrogen and oxygen atoms in total. The van der Waals surface area contributed by atoms with E-state index in [0.29, 0.717) is 11.3 Å². The van der Waals surface area contributed by atoms with Crippen LogP contribution in [0.3, 0.4) is 0 Å². The van der Waals surface area contributed by atoms with Crippen LogP contribution in [0.2, 0.25) is 0 Å². The molecule has 0 bridgehead atoms. The number of aromatic nitrogens is 2. The fourth-order valence-electron chi connectivity index (χ4n) is 3.03. The van der Waals surface area contributed by atoms with Crippen LogP contribution in [-0.4, -0.2) is 20.6 Å². The molecule has 0 aliphatic heterocycles. The van der Waals surface area contributed by atoms with E-state index in [9.17, 15) is 9.90 Å². The summed E-state index contributed by atoms with van der Waals surface area (Å²) in [6.45, 7) is 1.94. The summed E-state index contributed by atoms with van der Waals surface area (Å²) in [5, 5.41) is 12.3. The Morgan fingerprint density at radius 1 is 1.00 bits per heavy atom. The highest BCUT2D eigenvalue weighted by Crippen LogP contribution is 2.23. The summed E-state index contributed by atoms with van der Waals surface area (Å²) in [5.41, 5.74) is 3.79. The second-order valence-corrected chi connectivity index (χ2v) is 6.04. The lowest BCUT2D eigenvalue weighted by atomic mass is 10.1. The van der Waals surface area contributed by atoms with Crippen LogP contribution in [0.5, 0.6) is 5.75 Å². The number of hydrogen-bond donors (Lipinski definition) is 2. The molecule has 0 radical (unpaired) electrons. The van der Waals surface area contributed by atoms with Crippen LogP contribution in [0.15, 0.2) is 72.8 Å². The Morgan fingerprint density at radius 2 is 1.81 bits per heavy atom. The minimum absolute atomic E-state index is 0.107. The molecule has 5 heteroatoms. The van der Waals surface area contributed by atoms with E-state index in [1.807, 2.05) is 43.3 Å². The van der Waals surface area contributed by atoms with Crippen LogP contribution in [0.4, 0.5) is 5.69 Å². The average Bonchev–Trinajstić information content (AvgIpc) is 2.97. The molecule has 0 atom stereocenters. The predicted molar refractivity (Wildman–Crippen MR) is 102 cm³/mol. The van der Waals surface area contributed by atoms with Gasteiger partial charge in [0.1, 0.15) is 11.6 Å². The molecule has 1 aromatic heterocycles. The number of nitrogens with zero attached hydrogens (tertiary/aromatic N) is 2. The standard InChI is InChI=1S/C21H17N3O2/c1-14-22-19-12-15(21(26)23-16-6-5-9-18(25)13-16)10-11-20(19)24(14)17-7-3-2-4-8-17/h2-13,25H,1H3,(H,23,26). The number of phenols is 1. The van der Waals surface area contributed by atoms with E-state index in [-0.39, 0.29) is 11.7 Å². The maximum Gasteiger partial charge on any atom is 0.255 e. The molecule has 2 N–H and O–H groups in total. The van der Waals surface area contributed by atoms with Crippen LogP contribution >= 0.6 is 0 Å². The summed E-state index contributed by atoms with van der Waals surface area (Å²) in [7, 11) is 0. The van der Waals surface area contributed by atoms with Gasteiger partial charge >= 0.3 is 0 Å². The molecule has 0 fully saturated rings. The zero-order chi connectivity index (χ0) is 18.1. The molecule has 4 rings (SSSR count). The molecule has 0 saturated heterocycles. The van der Waals surface area contributed by atoms with Crippen molar-refractivity contribution < 1.29 is 9.90 Å². The van der Waals surface area contributed by atoms with Crippen molar-refractivity contribution in [2.75, 3.05) is 5.32 Å². The number of aromatic hydroxyl groups is 1. The van der Waals surface area contributed by atoms with Gasteiger partial charge in [0.15, 0.2) is 0 Å². The largest absolute Gasteiger partial charge is 0.508 e. The maximum absolute atomic E-state index is 12.5. The fraction of sp³-hybridized carbons (Fsp3) is 0.0476.